The van der Waals surface area contributed by atoms with Crippen LogP contribution in [-0.2, 0) is 6.42 Å². The van der Waals surface area contributed by atoms with E-state index < -0.39 is 0 Å². The summed E-state index contributed by atoms with van der Waals surface area (Å²) in [6, 6.07) is 18.9. The summed E-state index contributed by atoms with van der Waals surface area (Å²) in [5.74, 6) is 0. The molecule has 23 heavy (non-hydrogen) atoms. The molecule has 0 saturated heterocycles. The van der Waals surface area contributed by atoms with E-state index >= 15 is 0 Å². The normalized spacial score (nSPS) is 12.1. The minimum atomic E-state index is -0.0941. The van der Waals surface area contributed by atoms with Gasteiger partial charge in [-0.25, -0.2) is 0 Å². The molecule has 0 radical (unpaired) electrons. The van der Waals surface area contributed by atoms with Gasteiger partial charge in [-0.15, -0.1) is 0 Å². The highest BCUT2D eigenvalue weighted by Gasteiger charge is 2.02. The molecule has 2 rings (SSSR count). The van der Waals surface area contributed by atoms with Crippen molar-refractivity contribution in [3.63, 3.8) is 0 Å². The van der Waals surface area contributed by atoms with Gasteiger partial charge in [-0.3, -0.25) is 0 Å². The second-order valence-electron chi connectivity index (χ2n) is 6.23. The Labute approximate surface area is 140 Å². The molecule has 0 aliphatic carbocycles. The highest BCUT2D eigenvalue weighted by atomic mass is 16.3. The first-order valence-electron chi connectivity index (χ1n) is 8.87. The predicted molar refractivity (Wildman–Crippen MR) is 99.3 cm³/mol. The Bertz CT molecular complexity index is 536. The zero-order valence-electron chi connectivity index (χ0n) is 14.2. The summed E-state index contributed by atoms with van der Waals surface area (Å²) in [6.07, 6.45) is 7.52. The van der Waals surface area contributed by atoms with Gasteiger partial charge in [0.1, 0.15) is 0 Å². The minimum absolute atomic E-state index is 0.0941. The third-order valence-electron chi connectivity index (χ3n) is 4.14. The van der Waals surface area contributed by atoms with E-state index in [1.807, 2.05) is 18.2 Å². The van der Waals surface area contributed by atoms with Gasteiger partial charge in [0, 0.05) is 11.4 Å². The van der Waals surface area contributed by atoms with Gasteiger partial charge in [-0.2, -0.15) is 0 Å². The topological polar surface area (TPSA) is 32.3 Å². The van der Waals surface area contributed by atoms with Crippen LogP contribution in [0.1, 0.15) is 51.0 Å². The number of nitrogens with one attached hydrogen (secondary N) is 1. The highest BCUT2D eigenvalue weighted by Crippen LogP contribution is 2.18. The Balaban J connectivity index is 1.67. The number of hydrogen-bond acceptors (Lipinski definition) is 2. The first-order valence-corrected chi connectivity index (χ1v) is 8.87. The molecule has 0 bridgehead atoms. The number of unbranched alkanes of at least 4 members (excludes halogenated alkanes) is 2. The third kappa shape index (κ3) is 6.87. The fourth-order valence-corrected chi connectivity index (χ4v) is 2.81. The van der Waals surface area contributed by atoms with Gasteiger partial charge in [0.2, 0.25) is 0 Å². The van der Waals surface area contributed by atoms with Crippen LogP contribution in [0, 0.1) is 0 Å². The molecule has 0 saturated carbocycles. The van der Waals surface area contributed by atoms with Gasteiger partial charge in [0.05, 0.1) is 6.10 Å². The van der Waals surface area contributed by atoms with Crippen molar-refractivity contribution < 1.29 is 5.11 Å². The average molecular weight is 311 g/mol. The lowest BCUT2D eigenvalue weighted by Gasteiger charge is -2.09. The molecule has 2 aromatic rings. The standard InChI is InChI=1S/C21H29NO/c1-2-9-21(23)13-8-3-5-10-18-14-16-20(17-15-18)22-19-11-6-4-7-12-19/h4,6-7,11-12,14-17,21-23H,2-3,5,8-10,13H2,1H3. The number of anilines is 2. The summed E-state index contributed by atoms with van der Waals surface area (Å²) in [5, 5.41) is 13.1. The van der Waals surface area contributed by atoms with E-state index in [9.17, 15) is 5.11 Å². The molecule has 2 heteroatoms. The third-order valence-corrected chi connectivity index (χ3v) is 4.14. The first-order chi connectivity index (χ1) is 11.3. The van der Waals surface area contributed by atoms with Crippen LogP contribution in [0.2, 0.25) is 0 Å². The maximum atomic E-state index is 9.71. The summed E-state index contributed by atoms with van der Waals surface area (Å²) in [4.78, 5) is 0. The number of aryl methyl sites for hydroxylation is 1. The molecule has 2 aromatic carbocycles. The smallest absolute Gasteiger partial charge is 0.0540 e. The average Bonchev–Trinajstić information content (AvgIpc) is 2.57. The SMILES string of the molecule is CCCC(O)CCCCCc1ccc(Nc2ccccc2)cc1. The van der Waals surface area contributed by atoms with E-state index in [0.29, 0.717) is 0 Å². The van der Waals surface area contributed by atoms with Crippen molar-refractivity contribution in [1.82, 2.24) is 0 Å². The van der Waals surface area contributed by atoms with E-state index in [1.165, 1.54) is 18.4 Å². The zero-order valence-corrected chi connectivity index (χ0v) is 14.2. The second kappa shape index (κ2) is 10.1. The lowest BCUT2D eigenvalue weighted by molar-refractivity contribution is 0.150. The number of hydrogen-bond donors (Lipinski definition) is 2. The van der Waals surface area contributed by atoms with Crippen molar-refractivity contribution in [2.45, 2.75) is 58.0 Å². The number of aliphatic hydroxyl groups is 1. The van der Waals surface area contributed by atoms with Crippen LogP contribution >= 0.6 is 0 Å². The molecule has 0 aliphatic heterocycles. The van der Waals surface area contributed by atoms with Crippen LogP contribution in [0.4, 0.5) is 11.4 Å². The lowest BCUT2D eigenvalue weighted by Crippen LogP contribution is -2.05. The molecule has 0 fully saturated rings. The molecule has 0 aromatic heterocycles. The van der Waals surface area contributed by atoms with Crippen molar-refractivity contribution >= 4 is 11.4 Å². The number of benzene rings is 2. The Hall–Kier alpha value is -1.80. The Kier molecular flexibility index (Phi) is 7.68. The van der Waals surface area contributed by atoms with Crippen molar-refractivity contribution in [3.05, 3.63) is 60.2 Å². The molecule has 2 N–H and O–H groups in total. The van der Waals surface area contributed by atoms with Gasteiger partial charge in [-0.1, -0.05) is 56.5 Å². The van der Waals surface area contributed by atoms with Crippen LogP contribution in [0.5, 0.6) is 0 Å². The van der Waals surface area contributed by atoms with Crippen LogP contribution in [-0.4, -0.2) is 11.2 Å². The van der Waals surface area contributed by atoms with Gasteiger partial charge in [-0.05, 0) is 55.5 Å². The van der Waals surface area contributed by atoms with Gasteiger partial charge >= 0.3 is 0 Å². The van der Waals surface area contributed by atoms with Crippen LogP contribution in [0.3, 0.4) is 0 Å². The van der Waals surface area contributed by atoms with Crippen LogP contribution in [0.15, 0.2) is 54.6 Å². The number of rotatable bonds is 10. The van der Waals surface area contributed by atoms with Crippen molar-refractivity contribution in [1.29, 1.82) is 0 Å². The number of aliphatic hydroxyl groups excluding tert-OH is 1. The molecule has 1 atom stereocenters. The summed E-state index contributed by atoms with van der Waals surface area (Å²) >= 11 is 0. The van der Waals surface area contributed by atoms with Crippen molar-refractivity contribution in [3.8, 4) is 0 Å². The van der Waals surface area contributed by atoms with Crippen molar-refractivity contribution in [2.75, 3.05) is 5.32 Å². The van der Waals surface area contributed by atoms with Gasteiger partial charge < -0.3 is 10.4 Å². The van der Waals surface area contributed by atoms with E-state index in [-0.39, 0.29) is 6.10 Å². The monoisotopic (exact) mass is 311 g/mol. The molecule has 2 nitrogen and oxygen atoms in total. The molecule has 0 heterocycles. The van der Waals surface area contributed by atoms with E-state index in [1.54, 1.807) is 0 Å². The minimum Gasteiger partial charge on any atom is -0.393 e. The molecular weight excluding hydrogens is 282 g/mol. The highest BCUT2D eigenvalue weighted by molar-refractivity contribution is 5.59. The molecular formula is C21H29NO. The molecule has 1 unspecified atom stereocenters. The first kappa shape index (κ1) is 17.6. The Morgan fingerprint density at radius 2 is 1.52 bits per heavy atom. The predicted octanol–water partition coefficient (Wildman–Crippen LogP) is 5.69. The van der Waals surface area contributed by atoms with Crippen molar-refractivity contribution in [2.24, 2.45) is 0 Å². The molecule has 124 valence electrons. The summed E-state index contributed by atoms with van der Waals surface area (Å²) in [7, 11) is 0. The largest absolute Gasteiger partial charge is 0.393 e. The Morgan fingerprint density at radius 3 is 2.22 bits per heavy atom. The Morgan fingerprint density at radius 1 is 0.826 bits per heavy atom. The summed E-state index contributed by atoms with van der Waals surface area (Å²) in [5.41, 5.74) is 3.63. The maximum absolute atomic E-state index is 9.71. The molecule has 0 spiro atoms. The maximum Gasteiger partial charge on any atom is 0.0540 e. The summed E-state index contributed by atoms with van der Waals surface area (Å²) in [6.45, 7) is 2.12. The van der Waals surface area contributed by atoms with Crippen LogP contribution < -0.4 is 5.32 Å². The quantitative estimate of drug-likeness (QED) is 0.552. The zero-order chi connectivity index (χ0) is 16.3. The van der Waals surface area contributed by atoms with Crippen LogP contribution in [0.25, 0.3) is 0 Å². The summed E-state index contributed by atoms with van der Waals surface area (Å²) < 4.78 is 0. The van der Waals surface area contributed by atoms with E-state index in [4.69, 9.17) is 0 Å². The fraction of sp³-hybridized carbons (Fsp3) is 0.429. The fourth-order valence-electron chi connectivity index (χ4n) is 2.81. The lowest BCUT2D eigenvalue weighted by atomic mass is 10.0. The van der Waals surface area contributed by atoms with E-state index in [2.05, 4.69) is 48.6 Å². The second-order valence-corrected chi connectivity index (χ2v) is 6.23. The number of para-hydroxylation sites is 1. The van der Waals surface area contributed by atoms with E-state index in [0.717, 1.165) is 43.5 Å². The molecule has 0 aliphatic rings. The molecule has 0 amide bonds. The van der Waals surface area contributed by atoms with Gasteiger partial charge in [0.15, 0.2) is 0 Å². The van der Waals surface area contributed by atoms with Gasteiger partial charge in [0.25, 0.3) is 0 Å².